The molecule has 1 atom stereocenters. The van der Waals surface area contributed by atoms with E-state index in [1.165, 1.54) is 0 Å². The third kappa shape index (κ3) is 4.59. The molecule has 142 valence electrons. The third-order valence-corrected chi connectivity index (χ3v) is 4.22. The van der Waals surface area contributed by atoms with E-state index in [0.717, 1.165) is 12.8 Å². The van der Waals surface area contributed by atoms with Crippen molar-refractivity contribution in [2.75, 3.05) is 26.3 Å². The molecular formula is C19H26N2O5. The van der Waals surface area contributed by atoms with Gasteiger partial charge in [0, 0.05) is 24.7 Å². The zero-order valence-corrected chi connectivity index (χ0v) is 15.5. The molecule has 2 aliphatic heterocycles. The van der Waals surface area contributed by atoms with Crippen molar-refractivity contribution < 1.29 is 23.8 Å². The van der Waals surface area contributed by atoms with Crippen molar-refractivity contribution in [2.45, 2.75) is 45.3 Å². The summed E-state index contributed by atoms with van der Waals surface area (Å²) in [5.74, 6) is 1.19. The molecule has 2 heterocycles. The monoisotopic (exact) mass is 362 g/mol. The van der Waals surface area contributed by atoms with Gasteiger partial charge in [0.1, 0.15) is 18.8 Å². The van der Waals surface area contributed by atoms with Crippen LogP contribution in [0, 0.1) is 0 Å². The summed E-state index contributed by atoms with van der Waals surface area (Å²) < 4.78 is 16.3. The van der Waals surface area contributed by atoms with Crippen molar-refractivity contribution in [3.63, 3.8) is 0 Å². The van der Waals surface area contributed by atoms with Gasteiger partial charge in [-0.25, -0.2) is 4.79 Å². The van der Waals surface area contributed by atoms with Crippen LogP contribution in [0.1, 0.15) is 44.0 Å². The van der Waals surface area contributed by atoms with E-state index in [0.29, 0.717) is 43.4 Å². The standard InChI is InChI=1S/C19H26N2O5/c1-19(2,3)26-18(23)20-14-5-4-8-21(12-14)17(22)13-6-7-15-16(11-13)25-10-9-24-15/h6-7,11,14H,4-5,8-10,12H2,1-3H3,(H,20,23)/t14-/m0/s1. The van der Waals surface area contributed by atoms with Crippen molar-refractivity contribution in [1.29, 1.82) is 0 Å². The molecule has 7 heteroatoms. The SMILES string of the molecule is CC(C)(C)OC(=O)N[C@H]1CCCN(C(=O)c2ccc3c(c2)OCCO3)C1. The van der Waals surface area contributed by atoms with Gasteiger partial charge in [0.05, 0.1) is 0 Å². The highest BCUT2D eigenvalue weighted by Crippen LogP contribution is 2.31. The summed E-state index contributed by atoms with van der Waals surface area (Å²) in [4.78, 5) is 26.6. The maximum Gasteiger partial charge on any atom is 0.407 e. The molecule has 1 aromatic carbocycles. The lowest BCUT2D eigenvalue weighted by atomic mass is 10.0. The van der Waals surface area contributed by atoms with Crippen LogP contribution in [0.2, 0.25) is 0 Å². The number of ether oxygens (including phenoxy) is 3. The Labute approximate surface area is 153 Å². The average Bonchev–Trinajstić information content (AvgIpc) is 2.59. The van der Waals surface area contributed by atoms with Crippen LogP contribution in [-0.2, 0) is 4.74 Å². The fraction of sp³-hybridized carbons (Fsp3) is 0.579. The highest BCUT2D eigenvalue weighted by molar-refractivity contribution is 5.95. The number of carbonyl (C=O) groups is 2. The molecule has 1 fully saturated rings. The van der Waals surface area contributed by atoms with Gasteiger partial charge in [0.25, 0.3) is 5.91 Å². The summed E-state index contributed by atoms with van der Waals surface area (Å²) in [7, 11) is 0. The summed E-state index contributed by atoms with van der Waals surface area (Å²) in [6, 6.07) is 5.13. The molecule has 1 saturated heterocycles. The van der Waals surface area contributed by atoms with Crippen molar-refractivity contribution >= 4 is 12.0 Å². The minimum Gasteiger partial charge on any atom is -0.486 e. The van der Waals surface area contributed by atoms with E-state index < -0.39 is 11.7 Å². The second-order valence-electron chi connectivity index (χ2n) is 7.59. The molecule has 1 aromatic rings. The van der Waals surface area contributed by atoms with E-state index in [-0.39, 0.29) is 11.9 Å². The summed E-state index contributed by atoms with van der Waals surface area (Å²) in [6.07, 6.45) is 1.21. The predicted molar refractivity (Wildman–Crippen MR) is 95.7 cm³/mol. The van der Waals surface area contributed by atoms with Gasteiger partial charge in [0.2, 0.25) is 0 Å². The number of hydrogen-bond donors (Lipinski definition) is 1. The molecule has 0 aliphatic carbocycles. The molecule has 0 spiro atoms. The Bertz CT molecular complexity index is 683. The summed E-state index contributed by atoms with van der Waals surface area (Å²) in [5.41, 5.74) is 0.0200. The van der Waals surface area contributed by atoms with Crippen molar-refractivity contribution in [1.82, 2.24) is 10.2 Å². The first-order valence-corrected chi connectivity index (χ1v) is 9.00. The van der Waals surface area contributed by atoms with E-state index in [2.05, 4.69) is 5.32 Å². The predicted octanol–water partition coefficient (Wildman–Crippen LogP) is 2.59. The van der Waals surface area contributed by atoms with Crippen LogP contribution in [0.3, 0.4) is 0 Å². The highest BCUT2D eigenvalue weighted by atomic mass is 16.6. The maximum absolute atomic E-state index is 12.8. The topological polar surface area (TPSA) is 77.1 Å². The van der Waals surface area contributed by atoms with E-state index in [9.17, 15) is 9.59 Å². The number of benzene rings is 1. The van der Waals surface area contributed by atoms with Gasteiger partial charge in [-0.2, -0.15) is 0 Å². The van der Waals surface area contributed by atoms with Gasteiger partial charge in [0.15, 0.2) is 11.5 Å². The molecule has 1 N–H and O–H groups in total. The largest absolute Gasteiger partial charge is 0.486 e. The van der Waals surface area contributed by atoms with E-state index in [4.69, 9.17) is 14.2 Å². The summed E-state index contributed by atoms with van der Waals surface area (Å²) in [5, 5.41) is 2.86. The zero-order chi connectivity index (χ0) is 18.7. The fourth-order valence-corrected chi connectivity index (χ4v) is 3.11. The van der Waals surface area contributed by atoms with Gasteiger partial charge in [-0.15, -0.1) is 0 Å². The zero-order valence-electron chi connectivity index (χ0n) is 15.5. The molecular weight excluding hydrogens is 336 g/mol. The molecule has 0 unspecified atom stereocenters. The van der Waals surface area contributed by atoms with Crippen LogP contribution >= 0.6 is 0 Å². The first kappa shape index (κ1) is 18.4. The number of carbonyl (C=O) groups excluding carboxylic acids is 2. The third-order valence-electron chi connectivity index (χ3n) is 4.22. The molecule has 0 bridgehead atoms. The van der Waals surface area contributed by atoms with E-state index >= 15 is 0 Å². The molecule has 0 saturated carbocycles. The van der Waals surface area contributed by atoms with Crippen molar-refractivity contribution in [3.05, 3.63) is 23.8 Å². The van der Waals surface area contributed by atoms with Crippen molar-refractivity contribution in [3.8, 4) is 11.5 Å². The number of nitrogens with one attached hydrogen (secondary N) is 1. The first-order chi connectivity index (χ1) is 12.3. The maximum atomic E-state index is 12.8. The van der Waals surface area contributed by atoms with Crippen LogP contribution < -0.4 is 14.8 Å². The summed E-state index contributed by atoms with van der Waals surface area (Å²) >= 11 is 0. The van der Waals surface area contributed by atoms with Gasteiger partial charge in [-0.3, -0.25) is 4.79 Å². The number of piperidine rings is 1. The second kappa shape index (κ2) is 7.43. The lowest BCUT2D eigenvalue weighted by Gasteiger charge is -2.33. The normalized spacial score (nSPS) is 19.7. The number of rotatable bonds is 2. The Kier molecular flexibility index (Phi) is 5.25. The molecule has 3 rings (SSSR count). The van der Waals surface area contributed by atoms with Gasteiger partial charge in [-0.05, 0) is 51.8 Å². The highest BCUT2D eigenvalue weighted by Gasteiger charge is 2.28. The molecule has 2 aliphatic rings. The quantitative estimate of drug-likeness (QED) is 0.875. The Hall–Kier alpha value is -2.44. The number of likely N-dealkylation sites (tertiary alicyclic amines) is 1. The summed E-state index contributed by atoms with van der Waals surface area (Å²) in [6.45, 7) is 7.61. The van der Waals surface area contributed by atoms with E-state index in [1.807, 2.05) is 20.8 Å². The molecule has 0 aromatic heterocycles. The molecule has 26 heavy (non-hydrogen) atoms. The Morgan fingerprint density at radius 3 is 2.65 bits per heavy atom. The number of fused-ring (bicyclic) bond motifs is 1. The van der Waals surface area contributed by atoms with Crippen LogP contribution in [0.25, 0.3) is 0 Å². The molecule has 7 nitrogen and oxygen atoms in total. The average molecular weight is 362 g/mol. The minimum atomic E-state index is -0.542. The lowest BCUT2D eigenvalue weighted by molar-refractivity contribution is 0.0452. The number of alkyl carbamates (subject to hydrolysis) is 1. The minimum absolute atomic E-state index is 0.0716. The van der Waals surface area contributed by atoms with Gasteiger partial charge >= 0.3 is 6.09 Å². The van der Waals surface area contributed by atoms with Crippen LogP contribution in [-0.4, -0.2) is 54.8 Å². The fourth-order valence-electron chi connectivity index (χ4n) is 3.11. The Balaban J connectivity index is 1.62. The van der Waals surface area contributed by atoms with Crippen LogP contribution in [0.4, 0.5) is 4.79 Å². The Morgan fingerprint density at radius 2 is 1.92 bits per heavy atom. The smallest absolute Gasteiger partial charge is 0.407 e. The lowest BCUT2D eigenvalue weighted by Crippen LogP contribution is -2.50. The van der Waals surface area contributed by atoms with E-state index in [1.54, 1.807) is 23.1 Å². The van der Waals surface area contributed by atoms with Crippen LogP contribution in [0.15, 0.2) is 18.2 Å². The van der Waals surface area contributed by atoms with Gasteiger partial charge in [-0.1, -0.05) is 0 Å². The first-order valence-electron chi connectivity index (χ1n) is 9.00. The number of hydrogen-bond acceptors (Lipinski definition) is 5. The number of nitrogens with zero attached hydrogens (tertiary/aromatic N) is 1. The molecule has 0 radical (unpaired) electrons. The van der Waals surface area contributed by atoms with Gasteiger partial charge < -0.3 is 24.4 Å². The number of amides is 2. The second-order valence-corrected chi connectivity index (χ2v) is 7.59. The van der Waals surface area contributed by atoms with Crippen molar-refractivity contribution in [2.24, 2.45) is 0 Å². The van der Waals surface area contributed by atoms with Crippen LogP contribution in [0.5, 0.6) is 11.5 Å². The Morgan fingerprint density at radius 1 is 1.19 bits per heavy atom. The molecule has 2 amide bonds.